The molecule has 1 aliphatic rings. The Morgan fingerprint density at radius 2 is 2.06 bits per heavy atom. The first-order chi connectivity index (χ1) is 8.76. The van der Waals surface area contributed by atoms with Crippen LogP contribution in [-0.2, 0) is 6.54 Å². The van der Waals surface area contributed by atoms with Crippen molar-refractivity contribution in [1.82, 2.24) is 5.32 Å². The molecule has 2 rings (SSSR count). The Hall–Kier alpha value is -0.730. The van der Waals surface area contributed by atoms with E-state index >= 15 is 0 Å². The first-order valence-corrected chi connectivity index (χ1v) is 7.33. The highest BCUT2D eigenvalue weighted by Crippen LogP contribution is 2.31. The summed E-state index contributed by atoms with van der Waals surface area (Å²) in [5, 5.41) is 4.06. The Morgan fingerprint density at radius 1 is 1.33 bits per heavy atom. The highest BCUT2D eigenvalue weighted by molar-refractivity contribution is 6.30. The molecular weight excluding hydrogens is 244 g/mol. The Bertz CT molecular complexity index is 386. The van der Waals surface area contributed by atoms with Gasteiger partial charge in [-0.25, -0.2) is 0 Å². The van der Waals surface area contributed by atoms with E-state index in [1.807, 2.05) is 13.1 Å². The van der Waals surface area contributed by atoms with Crippen molar-refractivity contribution in [1.29, 1.82) is 0 Å². The lowest BCUT2D eigenvalue weighted by Gasteiger charge is -2.32. The minimum Gasteiger partial charge on any atom is -0.369 e. The fourth-order valence-corrected chi connectivity index (χ4v) is 3.20. The standard InChI is InChI=1S/C15H23ClN2/c1-3-18(14-6-4-5-7-14)15-9-8-13(16)10-12(15)11-17-2/h8-10,14,17H,3-7,11H2,1-2H3. The van der Waals surface area contributed by atoms with Crippen molar-refractivity contribution in [2.75, 3.05) is 18.5 Å². The Kier molecular flexibility index (Phi) is 4.90. The van der Waals surface area contributed by atoms with Crippen LogP contribution in [0.25, 0.3) is 0 Å². The van der Waals surface area contributed by atoms with Crippen molar-refractivity contribution in [3.8, 4) is 0 Å². The summed E-state index contributed by atoms with van der Waals surface area (Å²) in [7, 11) is 1.98. The van der Waals surface area contributed by atoms with E-state index in [2.05, 4.69) is 29.3 Å². The maximum Gasteiger partial charge on any atom is 0.0415 e. The van der Waals surface area contributed by atoms with Crippen LogP contribution in [0.4, 0.5) is 5.69 Å². The quantitative estimate of drug-likeness (QED) is 0.871. The number of anilines is 1. The van der Waals surface area contributed by atoms with Gasteiger partial charge in [0.1, 0.15) is 0 Å². The van der Waals surface area contributed by atoms with Crippen LogP contribution < -0.4 is 10.2 Å². The van der Waals surface area contributed by atoms with Crippen LogP contribution in [0.2, 0.25) is 5.02 Å². The predicted molar refractivity (Wildman–Crippen MR) is 79.5 cm³/mol. The van der Waals surface area contributed by atoms with E-state index in [0.29, 0.717) is 6.04 Å². The molecule has 100 valence electrons. The van der Waals surface area contributed by atoms with E-state index in [-0.39, 0.29) is 0 Å². The number of nitrogens with zero attached hydrogens (tertiary/aromatic N) is 1. The van der Waals surface area contributed by atoms with E-state index in [0.717, 1.165) is 18.1 Å². The summed E-state index contributed by atoms with van der Waals surface area (Å²) in [6, 6.07) is 6.99. The van der Waals surface area contributed by atoms with Crippen molar-refractivity contribution in [3.63, 3.8) is 0 Å². The normalized spacial score (nSPS) is 16.2. The average Bonchev–Trinajstić information content (AvgIpc) is 2.87. The van der Waals surface area contributed by atoms with Gasteiger partial charge in [-0.1, -0.05) is 24.4 Å². The molecule has 0 spiro atoms. The van der Waals surface area contributed by atoms with Crippen LogP contribution in [-0.4, -0.2) is 19.6 Å². The lowest BCUT2D eigenvalue weighted by molar-refractivity contribution is 0.616. The van der Waals surface area contributed by atoms with Crippen molar-refractivity contribution >= 4 is 17.3 Å². The molecule has 0 aliphatic heterocycles. The van der Waals surface area contributed by atoms with Gasteiger partial charge in [0.25, 0.3) is 0 Å². The fraction of sp³-hybridized carbons (Fsp3) is 0.600. The molecule has 2 nitrogen and oxygen atoms in total. The topological polar surface area (TPSA) is 15.3 Å². The van der Waals surface area contributed by atoms with Gasteiger partial charge in [-0.3, -0.25) is 0 Å². The van der Waals surface area contributed by atoms with Gasteiger partial charge in [-0.05, 0) is 50.6 Å². The molecule has 0 amide bonds. The second-order valence-electron chi connectivity index (χ2n) is 5.03. The van der Waals surface area contributed by atoms with Crippen LogP contribution in [0.3, 0.4) is 0 Å². The molecule has 1 fully saturated rings. The molecule has 3 heteroatoms. The third kappa shape index (κ3) is 2.99. The van der Waals surface area contributed by atoms with Crippen LogP contribution >= 0.6 is 11.6 Å². The predicted octanol–water partition coefficient (Wildman–Crippen LogP) is 3.83. The van der Waals surface area contributed by atoms with E-state index in [4.69, 9.17) is 11.6 Å². The minimum atomic E-state index is 0.715. The smallest absolute Gasteiger partial charge is 0.0415 e. The molecule has 0 atom stereocenters. The monoisotopic (exact) mass is 266 g/mol. The Morgan fingerprint density at radius 3 is 2.67 bits per heavy atom. The number of hydrogen-bond acceptors (Lipinski definition) is 2. The van der Waals surface area contributed by atoms with E-state index in [9.17, 15) is 0 Å². The summed E-state index contributed by atoms with van der Waals surface area (Å²) in [6.45, 7) is 4.19. The van der Waals surface area contributed by atoms with Crippen molar-refractivity contribution in [2.45, 2.75) is 45.2 Å². The van der Waals surface area contributed by atoms with Crippen molar-refractivity contribution in [3.05, 3.63) is 28.8 Å². The summed E-state index contributed by atoms with van der Waals surface area (Å²) in [5.74, 6) is 0. The molecule has 1 aliphatic carbocycles. The summed E-state index contributed by atoms with van der Waals surface area (Å²) < 4.78 is 0. The van der Waals surface area contributed by atoms with Gasteiger partial charge in [-0.2, -0.15) is 0 Å². The molecule has 0 aromatic heterocycles. The van der Waals surface area contributed by atoms with Crippen molar-refractivity contribution in [2.24, 2.45) is 0 Å². The Labute approximate surface area is 115 Å². The highest BCUT2D eigenvalue weighted by atomic mass is 35.5. The highest BCUT2D eigenvalue weighted by Gasteiger charge is 2.23. The first-order valence-electron chi connectivity index (χ1n) is 6.96. The summed E-state index contributed by atoms with van der Waals surface area (Å²) in [4.78, 5) is 2.55. The molecule has 18 heavy (non-hydrogen) atoms. The molecule has 1 N–H and O–H groups in total. The van der Waals surface area contributed by atoms with E-state index in [1.165, 1.54) is 36.9 Å². The number of rotatable bonds is 5. The van der Waals surface area contributed by atoms with Crippen LogP contribution in [0, 0.1) is 0 Å². The second kappa shape index (κ2) is 6.44. The van der Waals surface area contributed by atoms with Gasteiger partial charge in [0.05, 0.1) is 0 Å². The van der Waals surface area contributed by atoms with Gasteiger partial charge in [0.15, 0.2) is 0 Å². The second-order valence-corrected chi connectivity index (χ2v) is 5.46. The van der Waals surface area contributed by atoms with E-state index in [1.54, 1.807) is 0 Å². The molecule has 1 aromatic rings. The fourth-order valence-electron chi connectivity index (χ4n) is 3.01. The zero-order valence-electron chi connectivity index (χ0n) is 11.4. The van der Waals surface area contributed by atoms with Gasteiger partial charge in [0.2, 0.25) is 0 Å². The zero-order valence-corrected chi connectivity index (χ0v) is 12.1. The average molecular weight is 267 g/mol. The third-order valence-corrected chi connectivity index (χ3v) is 4.06. The molecular formula is C15H23ClN2. The van der Waals surface area contributed by atoms with Gasteiger partial charge in [-0.15, -0.1) is 0 Å². The van der Waals surface area contributed by atoms with Gasteiger partial charge >= 0.3 is 0 Å². The molecule has 1 aromatic carbocycles. The number of benzene rings is 1. The van der Waals surface area contributed by atoms with Crippen molar-refractivity contribution < 1.29 is 0 Å². The molecule has 0 saturated heterocycles. The van der Waals surface area contributed by atoms with Crippen LogP contribution in [0.5, 0.6) is 0 Å². The number of hydrogen-bond donors (Lipinski definition) is 1. The summed E-state index contributed by atoms with van der Waals surface area (Å²) in [5.41, 5.74) is 2.65. The maximum absolute atomic E-state index is 6.11. The third-order valence-electron chi connectivity index (χ3n) is 3.82. The summed E-state index contributed by atoms with van der Waals surface area (Å²) >= 11 is 6.11. The Balaban J connectivity index is 2.28. The molecule has 0 bridgehead atoms. The molecule has 0 unspecified atom stereocenters. The van der Waals surface area contributed by atoms with Crippen LogP contribution in [0.1, 0.15) is 38.2 Å². The number of nitrogens with one attached hydrogen (secondary N) is 1. The lowest BCUT2D eigenvalue weighted by Crippen LogP contribution is -2.34. The summed E-state index contributed by atoms with van der Waals surface area (Å²) in [6.07, 6.45) is 5.40. The first kappa shape index (κ1) is 13.7. The minimum absolute atomic E-state index is 0.715. The largest absolute Gasteiger partial charge is 0.369 e. The SMILES string of the molecule is CCN(c1ccc(Cl)cc1CNC)C1CCCC1. The maximum atomic E-state index is 6.11. The molecule has 1 saturated carbocycles. The molecule has 0 radical (unpaired) electrons. The van der Waals surface area contributed by atoms with Crippen LogP contribution in [0.15, 0.2) is 18.2 Å². The van der Waals surface area contributed by atoms with Gasteiger partial charge in [0, 0.05) is 29.8 Å². The zero-order chi connectivity index (χ0) is 13.0. The van der Waals surface area contributed by atoms with Gasteiger partial charge < -0.3 is 10.2 Å². The van der Waals surface area contributed by atoms with E-state index < -0.39 is 0 Å². The molecule has 0 heterocycles. The number of halogens is 1. The lowest BCUT2D eigenvalue weighted by atomic mass is 10.1.